The number of hydrogen-bond donors (Lipinski definition) is 2. The first-order chi connectivity index (χ1) is 10.4. The smallest absolute Gasteiger partial charge is 0.213 e. The molecule has 0 aliphatic rings. The minimum atomic E-state index is -3.14. The van der Waals surface area contributed by atoms with Crippen molar-refractivity contribution in [1.29, 1.82) is 0 Å². The van der Waals surface area contributed by atoms with Gasteiger partial charge in [0.25, 0.3) is 0 Å². The normalized spacial score (nSPS) is 12.5. The highest BCUT2D eigenvalue weighted by molar-refractivity contribution is 7.89. The Labute approximate surface area is 131 Å². The summed E-state index contributed by atoms with van der Waals surface area (Å²) in [6, 6.07) is 3.48. The highest BCUT2D eigenvalue weighted by atomic mass is 32.2. The summed E-state index contributed by atoms with van der Waals surface area (Å²) in [7, 11) is -0.0309. The first-order valence-electron chi connectivity index (χ1n) is 6.90. The number of pyridine rings is 1. The van der Waals surface area contributed by atoms with Gasteiger partial charge >= 0.3 is 0 Å². The molecule has 0 aliphatic heterocycles. The van der Waals surface area contributed by atoms with Crippen LogP contribution in [0.25, 0.3) is 0 Å². The highest BCUT2D eigenvalue weighted by Crippen LogP contribution is 2.10. The molecule has 0 fully saturated rings. The van der Waals surface area contributed by atoms with Gasteiger partial charge in [-0.05, 0) is 19.4 Å². The third kappa shape index (κ3) is 5.86. The van der Waals surface area contributed by atoms with E-state index in [1.807, 2.05) is 0 Å². The lowest BCUT2D eigenvalue weighted by molar-refractivity contribution is 0.398. The van der Waals surface area contributed by atoms with Gasteiger partial charge in [0.05, 0.1) is 24.7 Å². The number of anilines is 1. The molecule has 22 heavy (non-hydrogen) atoms. The molecule has 0 amide bonds. The molecule has 9 heteroatoms. The van der Waals surface area contributed by atoms with Crippen LogP contribution in [0.15, 0.2) is 23.3 Å². The molecule has 0 aromatic carbocycles. The Balaban J connectivity index is 2.39. The van der Waals surface area contributed by atoms with E-state index in [-0.39, 0.29) is 11.7 Å². The highest BCUT2D eigenvalue weighted by Gasteiger charge is 2.13. The predicted molar refractivity (Wildman–Crippen MR) is 87.6 cm³/mol. The Bertz CT molecular complexity index is 586. The van der Waals surface area contributed by atoms with Crippen LogP contribution in [-0.4, -0.2) is 56.7 Å². The molecule has 0 bridgehead atoms. The average Bonchev–Trinajstić information content (AvgIpc) is 2.52. The summed E-state index contributed by atoms with van der Waals surface area (Å²) in [5.74, 6) is 0.871. The van der Waals surface area contributed by atoms with Gasteiger partial charge in [0.15, 0.2) is 5.96 Å². The van der Waals surface area contributed by atoms with E-state index in [1.165, 1.54) is 4.31 Å². The van der Waals surface area contributed by atoms with E-state index in [9.17, 15) is 8.42 Å². The number of aromatic nitrogens is 1. The summed E-state index contributed by atoms with van der Waals surface area (Å²) in [6.07, 6.45) is 2.18. The summed E-state index contributed by atoms with van der Waals surface area (Å²) < 4.78 is 29.4. The number of nitrogens with zero attached hydrogens (tertiary/aromatic N) is 3. The van der Waals surface area contributed by atoms with E-state index < -0.39 is 10.0 Å². The van der Waals surface area contributed by atoms with Gasteiger partial charge in [-0.1, -0.05) is 0 Å². The Morgan fingerprint density at radius 3 is 2.77 bits per heavy atom. The zero-order valence-electron chi connectivity index (χ0n) is 13.1. The largest absolute Gasteiger partial charge is 0.481 e. The topological polar surface area (TPSA) is 110 Å². The minimum absolute atomic E-state index is 0.0981. The zero-order chi connectivity index (χ0) is 16.6. The number of sulfonamides is 1. The van der Waals surface area contributed by atoms with Crippen LogP contribution in [0.2, 0.25) is 0 Å². The molecule has 0 saturated heterocycles. The number of nitrogens with two attached hydrogens (primary N) is 1. The van der Waals surface area contributed by atoms with Crippen LogP contribution >= 0.6 is 0 Å². The summed E-state index contributed by atoms with van der Waals surface area (Å²) in [4.78, 5) is 8.18. The molecule has 0 radical (unpaired) electrons. The Kier molecular flexibility index (Phi) is 7.06. The van der Waals surface area contributed by atoms with Crippen molar-refractivity contribution in [3.8, 4) is 5.88 Å². The second-order valence-corrected chi connectivity index (χ2v) is 6.92. The van der Waals surface area contributed by atoms with Crippen molar-refractivity contribution < 1.29 is 13.2 Å². The third-order valence-corrected chi connectivity index (χ3v) is 4.83. The SMILES string of the molecule is CCS(=O)(=O)N(C)CCCN=C(N)Nc1ccc(OC)nc1. The molecule has 1 aromatic heterocycles. The van der Waals surface area contributed by atoms with Crippen LogP contribution in [-0.2, 0) is 10.0 Å². The molecule has 0 spiro atoms. The number of ether oxygens (including phenoxy) is 1. The van der Waals surface area contributed by atoms with Gasteiger partial charge in [0.2, 0.25) is 15.9 Å². The van der Waals surface area contributed by atoms with E-state index in [2.05, 4.69) is 15.3 Å². The molecule has 1 aromatic rings. The minimum Gasteiger partial charge on any atom is -0.481 e. The van der Waals surface area contributed by atoms with E-state index in [0.717, 1.165) is 0 Å². The van der Waals surface area contributed by atoms with Crippen molar-refractivity contribution in [2.45, 2.75) is 13.3 Å². The van der Waals surface area contributed by atoms with Gasteiger partial charge in [0.1, 0.15) is 0 Å². The predicted octanol–water partition coefficient (Wildman–Crippen LogP) is 0.488. The molecule has 0 aliphatic carbocycles. The van der Waals surface area contributed by atoms with E-state index >= 15 is 0 Å². The molecule has 0 atom stereocenters. The first kappa shape index (κ1) is 18.2. The van der Waals surface area contributed by atoms with Crippen molar-refractivity contribution in [2.75, 3.05) is 38.3 Å². The summed E-state index contributed by atoms with van der Waals surface area (Å²) in [5.41, 5.74) is 6.45. The fourth-order valence-corrected chi connectivity index (χ4v) is 2.46. The Hall–Kier alpha value is -1.87. The molecule has 3 N–H and O–H groups in total. The third-order valence-electron chi connectivity index (χ3n) is 2.97. The molecule has 0 saturated carbocycles. The standard InChI is InChI=1S/C13H23N5O3S/c1-4-22(19,20)18(2)9-5-8-15-13(14)17-11-6-7-12(21-3)16-10-11/h6-7,10H,4-5,8-9H2,1-3H3,(H3,14,15,17). The quantitative estimate of drug-likeness (QED) is 0.408. The second-order valence-electron chi connectivity index (χ2n) is 4.56. The zero-order valence-corrected chi connectivity index (χ0v) is 13.9. The first-order valence-corrected chi connectivity index (χ1v) is 8.51. The Morgan fingerprint density at radius 1 is 1.50 bits per heavy atom. The monoisotopic (exact) mass is 329 g/mol. The number of methoxy groups -OCH3 is 1. The molecule has 8 nitrogen and oxygen atoms in total. The number of hydrogen-bond acceptors (Lipinski definition) is 5. The molecule has 124 valence electrons. The lowest BCUT2D eigenvalue weighted by atomic mass is 10.4. The van der Waals surface area contributed by atoms with Gasteiger partial charge in [0, 0.05) is 26.2 Å². The van der Waals surface area contributed by atoms with Gasteiger partial charge < -0.3 is 15.8 Å². The fourth-order valence-electron chi connectivity index (χ4n) is 1.61. The van der Waals surface area contributed by atoms with Gasteiger partial charge in [-0.2, -0.15) is 0 Å². The maximum Gasteiger partial charge on any atom is 0.213 e. The van der Waals surface area contributed by atoms with Crippen molar-refractivity contribution in [2.24, 2.45) is 10.7 Å². The van der Waals surface area contributed by atoms with Gasteiger partial charge in [-0.3, -0.25) is 4.99 Å². The van der Waals surface area contributed by atoms with E-state index in [4.69, 9.17) is 10.5 Å². The number of aliphatic imine (C=N–C) groups is 1. The molecule has 0 unspecified atom stereocenters. The molecule has 1 heterocycles. The van der Waals surface area contributed by atoms with Crippen LogP contribution in [0.4, 0.5) is 5.69 Å². The van der Waals surface area contributed by atoms with Crippen LogP contribution in [0.1, 0.15) is 13.3 Å². The summed E-state index contributed by atoms with van der Waals surface area (Å²) in [6.45, 7) is 2.47. The lowest BCUT2D eigenvalue weighted by Crippen LogP contribution is -2.30. The van der Waals surface area contributed by atoms with Crippen molar-refractivity contribution >= 4 is 21.7 Å². The maximum absolute atomic E-state index is 11.6. The average molecular weight is 329 g/mol. The molecule has 1 rings (SSSR count). The number of nitrogens with one attached hydrogen (secondary N) is 1. The fraction of sp³-hybridized carbons (Fsp3) is 0.538. The maximum atomic E-state index is 11.6. The van der Waals surface area contributed by atoms with E-state index in [1.54, 1.807) is 39.4 Å². The number of rotatable bonds is 8. The molecular weight excluding hydrogens is 306 g/mol. The number of guanidine groups is 1. The van der Waals surface area contributed by atoms with Crippen LogP contribution in [0.5, 0.6) is 5.88 Å². The van der Waals surface area contributed by atoms with Crippen LogP contribution in [0.3, 0.4) is 0 Å². The summed E-state index contributed by atoms with van der Waals surface area (Å²) >= 11 is 0. The lowest BCUT2D eigenvalue weighted by Gasteiger charge is -2.15. The van der Waals surface area contributed by atoms with Crippen LogP contribution < -0.4 is 15.8 Å². The summed E-state index contributed by atoms with van der Waals surface area (Å²) in [5, 5.41) is 2.90. The van der Waals surface area contributed by atoms with Gasteiger partial charge in [-0.25, -0.2) is 17.7 Å². The van der Waals surface area contributed by atoms with Gasteiger partial charge in [-0.15, -0.1) is 0 Å². The Morgan fingerprint density at radius 2 is 2.23 bits per heavy atom. The van der Waals surface area contributed by atoms with Crippen molar-refractivity contribution in [3.63, 3.8) is 0 Å². The van der Waals surface area contributed by atoms with Crippen molar-refractivity contribution in [1.82, 2.24) is 9.29 Å². The second kappa shape index (κ2) is 8.54. The van der Waals surface area contributed by atoms with Crippen molar-refractivity contribution in [3.05, 3.63) is 18.3 Å². The molecular formula is C13H23N5O3S. The van der Waals surface area contributed by atoms with E-state index in [0.29, 0.717) is 31.1 Å². The van der Waals surface area contributed by atoms with Crippen LogP contribution in [0, 0.1) is 0 Å².